The molecule has 0 spiro atoms. The summed E-state index contributed by atoms with van der Waals surface area (Å²) in [6.45, 7) is 10.3. The smallest absolute Gasteiger partial charge is 0.150 e. The summed E-state index contributed by atoms with van der Waals surface area (Å²) >= 11 is 0. The predicted octanol–water partition coefficient (Wildman–Crippen LogP) is 3.70. The number of rotatable bonds is 3. The summed E-state index contributed by atoms with van der Waals surface area (Å²) in [5.74, 6) is 0.799. The van der Waals surface area contributed by atoms with Gasteiger partial charge < -0.3 is 5.11 Å². The Balaban J connectivity index is 3.36. The van der Waals surface area contributed by atoms with Gasteiger partial charge in [0.15, 0.2) is 0 Å². The van der Waals surface area contributed by atoms with Crippen molar-refractivity contribution in [2.24, 2.45) is 5.92 Å². The summed E-state index contributed by atoms with van der Waals surface area (Å²) in [6, 6.07) is 3.57. The van der Waals surface area contributed by atoms with E-state index >= 15 is 0 Å². The van der Waals surface area contributed by atoms with E-state index in [0.29, 0.717) is 17.2 Å². The summed E-state index contributed by atoms with van der Waals surface area (Å²) in [5, 5.41) is 10.3. The molecule has 0 unspecified atom stereocenters. The standard InChI is InChI=1S/C15H22O2/c1-10(2)6-12-7-11(9-16)8-13(14(12)17)15(3,4)5/h7-10,17H,6H2,1-5H3. The minimum atomic E-state index is -0.158. The van der Waals surface area contributed by atoms with E-state index in [2.05, 4.69) is 13.8 Å². The number of carbonyl (C=O) groups excluding carboxylic acids is 1. The lowest BCUT2D eigenvalue weighted by Gasteiger charge is -2.23. The average Bonchev–Trinajstić information content (AvgIpc) is 2.18. The second kappa shape index (κ2) is 4.91. The second-order valence-electron chi connectivity index (χ2n) is 6.04. The van der Waals surface area contributed by atoms with E-state index in [-0.39, 0.29) is 5.41 Å². The zero-order chi connectivity index (χ0) is 13.2. The molecule has 0 aromatic heterocycles. The van der Waals surface area contributed by atoms with E-state index in [1.54, 1.807) is 12.1 Å². The van der Waals surface area contributed by atoms with Crippen LogP contribution in [0.4, 0.5) is 0 Å². The first-order chi connectivity index (χ1) is 7.75. The number of phenols is 1. The van der Waals surface area contributed by atoms with Crippen molar-refractivity contribution in [1.29, 1.82) is 0 Å². The van der Waals surface area contributed by atoms with E-state index in [0.717, 1.165) is 23.8 Å². The summed E-state index contributed by atoms with van der Waals surface area (Å²) in [5.41, 5.74) is 2.20. The molecule has 0 aliphatic carbocycles. The van der Waals surface area contributed by atoms with Crippen molar-refractivity contribution in [3.05, 3.63) is 28.8 Å². The average molecular weight is 234 g/mol. The van der Waals surface area contributed by atoms with Crippen molar-refractivity contribution in [2.45, 2.75) is 46.5 Å². The van der Waals surface area contributed by atoms with Crippen molar-refractivity contribution in [3.8, 4) is 5.75 Å². The Morgan fingerprint density at radius 1 is 1.29 bits per heavy atom. The molecule has 2 nitrogen and oxygen atoms in total. The van der Waals surface area contributed by atoms with Crippen molar-refractivity contribution < 1.29 is 9.90 Å². The van der Waals surface area contributed by atoms with Gasteiger partial charge in [-0.25, -0.2) is 0 Å². The van der Waals surface area contributed by atoms with E-state index in [9.17, 15) is 9.90 Å². The van der Waals surface area contributed by atoms with Crippen LogP contribution < -0.4 is 0 Å². The van der Waals surface area contributed by atoms with Gasteiger partial charge in [-0.2, -0.15) is 0 Å². The van der Waals surface area contributed by atoms with Gasteiger partial charge in [-0.1, -0.05) is 34.6 Å². The normalized spacial score (nSPS) is 11.9. The quantitative estimate of drug-likeness (QED) is 0.810. The third-order valence-corrected chi connectivity index (χ3v) is 2.78. The Hall–Kier alpha value is -1.31. The molecule has 17 heavy (non-hydrogen) atoms. The number of hydrogen-bond acceptors (Lipinski definition) is 2. The highest BCUT2D eigenvalue weighted by Crippen LogP contribution is 2.35. The summed E-state index contributed by atoms with van der Waals surface area (Å²) < 4.78 is 0. The zero-order valence-corrected chi connectivity index (χ0v) is 11.4. The highest BCUT2D eigenvalue weighted by atomic mass is 16.3. The Morgan fingerprint density at radius 2 is 1.88 bits per heavy atom. The van der Waals surface area contributed by atoms with Crippen LogP contribution >= 0.6 is 0 Å². The van der Waals surface area contributed by atoms with Gasteiger partial charge in [-0.15, -0.1) is 0 Å². The second-order valence-corrected chi connectivity index (χ2v) is 6.04. The molecular formula is C15H22O2. The highest BCUT2D eigenvalue weighted by Gasteiger charge is 2.21. The number of aromatic hydroxyl groups is 1. The van der Waals surface area contributed by atoms with Crippen molar-refractivity contribution >= 4 is 6.29 Å². The number of carbonyl (C=O) groups is 1. The topological polar surface area (TPSA) is 37.3 Å². The monoisotopic (exact) mass is 234 g/mol. The zero-order valence-electron chi connectivity index (χ0n) is 11.4. The molecule has 2 heteroatoms. The molecule has 0 aliphatic heterocycles. The van der Waals surface area contributed by atoms with Crippen molar-refractivity contribution in [2.75, 3.05) is 0 Å². The van der Waals surface area contributed by atoms with Crippen LogP contribution in [0.15, 0.2) is 12.1 Å². The van der Waals surface area contributed by atoms with Gasteiger partial charge >= 0.3 is 0 Å². The third kappa shape index (κ3) is 3.32. The molecule has 0 heterocycles. The molecule has 1 rings (SSSR count). The lowest BCUT2D eigenvalue weighted by molar-refractivity contribution is 0.112. The number of aldehydes is 1. The Bertz CT molecular complexity index is 412. The van der Waals surface area contributed by atoms with Crippen LogP contribution in [0.3, 0.4) is 0 Å². The molecule has 1 aromatic rings. The maximum atomic E-state index is 11.0. The molecule has 0 amide bonds. The third-order valence-electron chi connectivity index (χ3n) is 2.78. The molecule has 0 saturated carbocycles. The Labute approximate surface area is 104 Å². The van der Waals surface area contributed by atoms with Crippen LogP contribution in [0, 0.1) is 5.92 Å². The van der Waals surface area contributed by atoms with E-state index in [4.69, 9.17) is 0 Å². The molecule has 0 fully saturated rings. The van der Waals surface area contributed by atoms with E-state index < -0.39 is 0 Å². The molecule has 0 saturated heterocycles. The predicted molar refractivity (Wildman–Crippen MR) is 70.7 cm³/mol. The molecular weight excluding hydrogens is 212 g/mol. The first-order valence-corrected chi connectivity index (χ1v) is 6.07. The summed E-state index contributed by atoms with van der Waals surface area (Å²) in [7, 11) is 0. The minimum absolute atomic E-state index is 0.158. The van der Waals surface area contributed by atoms with Gasteiger partial charge in [-0.05, 0) is 35.4 Å². The minimum Gasteiger partial charge on any atom is -0.507 e. The molecule has 0 radical (unpaired) electrons. The Morgan fingerprint density at radius 3 is 2.29 bits per heavy atom. The van der Waals surface area contributed by atoms with Crippen molar-refractivity contribution in [1.82, 2.24) is 0 Å². The Kier molecular flexibility index (Phi) is 3.97. The summed E-state index contributed by atoms with van der Waals surface area (Å²) in [4.78, 5) is 11.0. The number of phenolic OH excluding ortho intramolecular Hbond substituents is 1. The molecule has 94 valence electrons. The van der Waals surface area contributed by atoms with Crippen LogP contribution in [-0.2, 0) is 11.8 Å². The number of benzene rings is 1. The first kappa shape index (κ1) is 13.8. The van der Waals surface area contributed by atoms with Crippen LogP contribution in [0.25, 0.3) is 0 Å². The van der Waals surface area contributed by atoms with Gasteiger partial charge in [-0.3, -0.25) is 4.79 Å². The lowest BCUT2D eigenvalue weighted by Crippen LogP contribution is -2.13. The van der Waals surface area contributed by atoms with Crippen LogP contribution in [-0.4, -0.2) is 11.4 Å². The fourth-order valence-electron chi connectivity index (χ4n) is 1.95. The largest absolute Gasteiger partial charge is 0.507 e. The SMILES string of the molecule is CC(C)Cc1cc(C=O)cc(C(C)(C)C)c1O. The van der Waals surface area contributed by atoms with E-state index in [1.807, 2.05) is 20.8 Å². The van der Waals surface area contributed by atoms with Crippen LogP contribution in [0.5, 0.6) is 5.75 Å². The molecule has 0 bridgehead atoms. The maximum Gasteiger partial charge on any atom is 0.150 e. The van der Waals surface area contributed by atoms with Gasteiger partial charge in [0.2, 0.25) is 0 Å². The van der Waals surface area contributed by atoms with Crippen molar-refractivity contribution in [3.63, 3.8) is 0 Å². The van der Waals surface area contributed by atoms with Gasteiger partial charge in [0.25, 0.3) is 0 Å². The maximum absolute atomic E-state index is 11.0. The van der Waals surface area contributed by atoms with Crippen LogP contribution in [0.2, 0.25) is 0 Å². The molecule has 0 aliphatic rings. The lowest BCUT2D eigenvalue weighted by atomic mass is 9.83. The fraction of sp³-hybridized carbons (Fsp3) is 0.533. The fourth-order valence-corrected chi connectivity index (χ4v) is 1.95. The van der Waals surface area contributed by atoms with Crippen LogP contribution in [0.1, 0.15) is 56.1 Å². The molecule has 1 N–H and O–H groups in total. The first-order valence-electron chi connectivity index (χ1n) is 6.07. The van der Waals surface area contributed by atoms with Gasteiger partial charge in [0.1, 0.15) is 12.0 Å². The number of hydrogen-bond donors (Lipinski definition) is 1. The highest BCUT2D eigenvalue weighted by molar-refractivity contribution is 5.76. The van der Waals surface area contributed by atoms with Gasteiger partial charge in [0, 0.05) is 11.1 Å². The van der Waals surface area contributed by atoms with Gasteiger partial charge in [0.05, 0.1) is 0 Å². The molecule has 1 aromatic carbocycles. The van der Waals surface area contributed by atoms with E-state index in [1.165, 1.54) is 0 Å². The summed E-state index contributed by atoms with van der Waals surface area (Å²) in [6.07, 6.45) is 1.63. The molecule has 0 atom stereocenters.